The molecule has 19 heavy (non-hydrogen) atoms. The number of hydrogen-bond acceptors (Lipinski definition) is 3. The summed E-state index contributed by atoms with van der Waals surface area (Å²) in [5.74, 6) is 0.328. The molecule has 0 spiro atoms. The maximum atomic E-state index is 10.1. The minimum atomic E-state index is -0.301. The average molecular weight is 266 g/mol. The summed E-state index contributed by atoms with van der Waals surface area (Å²) in [5.41, 5.74) is 1.50. The molecule has 1 aromatic carbocycles. The molecular formula is C16H26O3. The number of phenols is 1. The number of rotatable bonds is 6. The van der Waals surface area contributed by atoms with Gasteiger partial charge in [-0.1, -0.05) is 12.1 Å². The van der Waals surface area contributed by atoms with Gasteiger partial charge in [0.1, 0.15) is 5.75 Å². The molecular weight excluding hydrogens is 240 g/mol. The van der Waals surface area contributed by atoms with Gasteiger partial charge in [0.15, 0.2) is 0 Å². The molecule has 0 aromatic heterocycles. The second-order valence-corrected chi connectivity index (χ2v) is 6.20. The summed E-state index contributed by atoms with van der Waals surface area (Å²) in [7, 11) is 3.40. The van der Waals surface area contributed by atoms with Crippen LogP contribution in [-0.4, -0.2) is 30.5 Å². The zero-order valence-corrected chi connectivity index (χ0v) is 12.9. The Hall–Kier alpha value is -1.06. The van der Waals surface area contributed by atoms with E-state index in [-0.39, 0.29) is 11.2 Å². The molecule has 0 aliphatic carbocycles. The van der Waals surface area contributed by atoms with Crippen molar-refractivity contribution >= 4 is 0 Å². The van der Waals surface area contributed by atoms with Crippen LogP contribution in [0.15, 0.2) is 18.2 Å². The van der Waals surface area contributed by atoms with Crippen LogP contribution in [0.25, 0.3) is 0 Å². The van der Waals surface area contributed by atoms with Crippen LogP contribution in [0.4, 0.5) is 0 Å². The number of phenolic OH excluding ortho intramolecular Hbond substituents is 1. The highest BCUT2D eigenvalue weighted by atomic mass is 16.5. The molecule has 0 saturated carbocycles. The first-order valence-corrected chi connectivity index (χ1v) is 6.61. The molecule has 0 atom stereocenters. The summed E-state index contributed by atoms with van der Waals surface area (Å²) in [6.07, 6.45) is 1.43. The van der Waals surface area contributed by atoms with E-state index < -0.39 is 0 Å². The van der Waals surface area contributed by atoms with Gasteiger partial charge in [0.25, 0.3) is 0 Å². The molecule has 1 rings (SSSR count). The SMILES string of the molecule is COC(C)(C)Cc1cccc(O)c1CC(C)(C)OC. The predicted molar refractivity (Wildman–Crippen MR) is 77.7 cm³/mol. The number of benzene rings is 1. The van der Waals surface area contributed by atoms with Crippen molar-refractivity contribution in [3.05, 3.63) is 29.3 Å². The van der Waals surface area contributed by atoms with Gasteiger partial charge in [-0.2, -0.15) is 0 Å². The van der Waals surface area contributed by atoms with E-state index in [4.69, 9.17) is 9.47 Å². The summed E-state index contributed by atoms with van der Waals surface area (Å²) in [6, 6.07) is 5.64. The van der Waals surface area contributed by atoms with Gasteiger partial charge in [0.05, 0.1) is 11.2 Å². The Labute approximate surface area is 116 Å². The third kappa shape index (κ3) is 4.51. The minimum Gasteiger partial charge on any atom is -0.508 e. The third-order valence-electron chi connectivity index (χ3n) is 3.57. The number of methoxy groups -OCH3 is 2. The van der Waals surface area contributed by atoms with Crippen molar-refractivity contribution in [3.63, 3.8) is 0 Å². The van der Waals surface area contributed by atoms with E-state index in [2.05, 4.69) is 0 Å². The normalized spacial score (nSPS) is 12.7. The lowest BCUT2D eigenvalue weighted by atomic mass is 9.88. The summed E-state index contributed by atoms with van der Waals surface area (Å²) < 4.78 is 10.9. The van der Waals surface area contributed by atoms with Crippen molar-refractivity contribution in [1.82, 2.24) is 0 Å². The maximum Gasteiger partial charge on any atom is 0.119 e. The fourth-order valence-corrected chi connectivity index (χ4v) is 2.02. The monoisotopic (exact) mass is 266 g/mol. The molecule has 1 aromatic rings. The Morgan fingerprint density at radius 3 is 2.00 bits per heavy atom. The Bertz CT molecular complexity index is 422. The van der Waals surface area contributed by atoms with Crippen LogP contribution in [-0.2, 0) is 22.3 Å². The first-order valence-electron chi connectivity index (χ1n) is 6.61. The van der Waals surface area contributed by atoms with E-state index >= 15 is 0 Å². The standard InChI is InChI=1S/C16H26O3/c1-15(2,18-5)10-12-8-7-9-14(17)13(12)11-16(3,4)19-6/h7-9,17H,10-11H2,1-6H3. The van der Waals surface area contributed by atoms with Crippen molar-refractivity contribution in [1.29, 1.82) is 0 Å². The van der Waals surface area contributed by atoms with Crippen LogP contribution in [0, 0.1) is 0 Å². The van der Waals surface area contributed by atoms with E-state index in [1.54, 1.807) is 20.3 Å². The van der Waals surface area contributed by atoms with E-state index in [1.807, 2.05) is 39.8 Å². The lowest BCUT2D eigenvalue weighted by molar-refractivity contribution is 0.0179. The fraction of sp³-hybridized carbons (Fsp3) is 0.625. The second kappa shape index (κ2) is 5.93. The van der Waals surface area contributed by atoms with Crippen molar-refractivity contribution < 1.29 is 14.6 Å². The Balaban J connectivity index is 3.09. The summed E-state index contributed by atoms with van der Waals surface area (Å²) in [6.45, 7) is 8.12. The smallest absolute Gasteiger partial charge is 0.119 e. The number of ether oxygens (including phenoxy) is 2. The lowest BCUT2D eigenvalue weighted by Crippen LogP contribution is -2.29. The first-order chi connectivity index (χ1) is 8.71. The van der Waals surface area contributed by atoms with Crippen LogP contribution in [0.3, 0.4) is 0 Å². The van der Waals surface area contributed by atoms with Gasteiger partial charge in [-0.3, -0.25) is 0 Å². The van der Waals surface area contributed by atoms with Gasteiger partial charge in [-0.25, -0.2) is 0 Å². The predicted octanol–water partition coefficient (Wildman–Crippen LogP) is 3.33. The highest BCUT2D eigenvalue weighted by molar-refractivity contribution is 5.41. The third-order valence-corrected chi connectivity index (χ3v) is 3.57. The lowest BCUT2D eigenvalue weighted by Gasteiger charge is -2.28. The molecule has 3 heteroatoms. The summed E-state index contributed by atoms with van der Waals surface area (Å²) in [4.78, 5) is 0. The van der Waals surface area contributed by atoms with Crippen molar-refractivity contribution in [2.24, 2.45) is 0 Å². The van der Waals surface area contributed by atoms with Crippen molar-refractivity contribution in [2.45, 2.75) is 51.7 Å². The molecule has 0 amide bonds. The number of aromatic hydroxyl groups is 1. The zero-order valence-electron chi connectivity index (χ0n) is 12.9. The topological polar surface area (TPSA) is 38.7 Å². The Morgan fingerprint density at radius 2 is 1.47 bits per heavy atom. The fourth-order valence-electron chi connectivity index (χ4n) is 2.02. The van der Waals surface area contributed by atoms with Crippen LogP contribution in [0.5, 0.6) is 5.75 Å². The zero-order chi connectivity index (χ0) is 14.7. The average Bonchev–Trinajstić information content (AvgIpc) is 2.33. The van der Waals surface area contributed by atoms with Crippen LogP contribution in [0.1, 0.15) is 38.8 Å². The highest BCUT2D eigenvalue weighted by Crippen LogP contribution is 2.30. The van der Waals surface area contributed by atoms with E-state index in [9.17, 15) is 5.11 Å². The molecule has 0 bridgehead atoms. The quantitative estimate of drug-likeness (QED) is 0.858. The van der Waals surface area contributed by atoms with Gasteiger partial charge in [0, 0.05) is 27.1 Å². The van der Waals surface area contributed by atoms with Gasteiger partial charge in [-0.15, -0.1) is 0 Å². The Morgan fingerprint density at radius 1 is 0.947 bits per heavy atom. The second-order valence-electron chi connectivity index (χ2n) is 6.20. The van der Waals surface area contributed by atoms with Crippen molar-refractivity contribution in [3.8, 4) is 5.75 Å². The first kappa shape index (κ1) is 16.0. The van der Waals surface area contributed by atoms with Crippen LogP contribution >= 0.6 is 0 Å². The molecule has 0 radical (unpaired) electrons. The molecule has 0 heterocycles. The minimum absolute atomic E-state index is 0.250. The molecule has 0 aliphatic heterocycles. The molecule has 0 fully saturated rings. The van der Waals surface area contributed by atoms with Crippen LogP contribution < -0.4 is 0 Å². The molecule has 108 valence electrons. The van der Waals surface area contributed by atoms with Gasteiger partial charge < -0.3 is 14.6 Å². The molecule has 0 saturated heterocycles. The summed E-state index contributed by atoms with van der Waals surface area (Å²) >= 11 is 0. The molecule has 3 nitrogen and oxygen atoms in total. The molecule has 0 unspecified atom stereocenters. The summed E-state index contributed by atoms with van der Waals surface area (Å²) in [5, 5.41) is 10.1. The van der Waals surface area contributed by atoms with Gasteiger partial charge in [0.2, 0.25) is 0 Å². The Kier molecular flexibility index (Phi) is 4.99. The van der Waals surface area contributed by atoms with Crippen LogP contribution in [0.2, 0.25) is 0 Å². The van der Waals surface area contributed by atoms with E-state index in [1.165, 1.54) is 0 Å². The van der Waals surface area contributed by atoms with Gasteiger partial charge >= 0.3 is 0 Å². The highest BCUT2D eigenvalue weighted by Gasteiger charge is 2.24. The van der Waals surface area contributed by atoms with Gasteiger partial charge in [-0.05, 0) is 44.9 Å². The van der Waals surface area contributed by atoms with E-state index in [0.29, 0.717) is 12.2 Å². The van der Waals surface area contributed by atoms with Crippen molar-refractivity contribution in [2.75, 3.05) is 14.2 Å². The van der Waals surface area contributed by atoms with E-state index in [0.717, 1.165) is 17.5 Å². The number of hydrogen-bond donors (Lipinski definition) is 1. The molecule has 1 N–H and O–H groups in total. The molecule has 0 aliphatic rings. The maximum absolute atomic E-state index is 10.1. The largest absolute Gasteiger partial charge is 0.508 e.